The maximum atomic E-state index is 12.5. The van der Waals surface area contributed by atoms with Crippen molar-refractivity contribution in [2.45, 2.75) is 19.3 Å². The number of likely N-dealkylation sites (tertiary alicyclic amines) is 1. The van der Waals surface area contributed by atoms with Crippen LogP contribution < -0.4 is 10.6 Å². The Hall–Kier alpha value is -2.67. The van der Waals surface area contributed by atoms with E-state index in [0.29, 0.717) is 32.4 Å². The third-order valence-corrected chi connectivity index (χ3v) is 5.61. The van der Waals surface area contributed by atoms with E-state index >= 15 is 0 Å². The Morgan fingerprint density at radius 2 is 1.81 bits per heavy atom. The van der Waals surface area contributed by atoms with Crippen LogP contribution in [0.5, 0.6) is 0 Å². The Bertz CT molecular complexity index is 794. The first-order valence-corrected chi connectivity index (χ1v) is 9.88. The second kappa shape index (κ2) is 8.81. The maximum Gasteiger partial charge on any atom is 0.263 e. The molecule has 1 fully saturated rings. The zero-order valence-corrected chi connectivity index (χ0v) is 16.1. The van der Waals surface area contributed by atoms with Crippen molar-refractivity contribution in [2.24, 2.45) is 5.92 Å². The standard InChI is InChI=1S/C20H23N3O3S/c1-21-18(24)13-14-4-6-16(7-5-14)22-19(25)15-8-10-23(11-9-15)20(26)17-3-2-12-27-17/h2-7,12,15H,8-11,13H2,1H3,(H,21,24)(H,22,25). The van der Waals surface area contributed by atoms with Crippen molar-refractivity contribution in [1.82, 2.24) is 10.2 Å². The van der Waals surface area contributed by atoms with Gasteiger partial charge >= 0.3 is 0 Å². The summed E-state index contributed by atoms with van der Waals surface area (Å²) >= 11 is 1.44. The number of carbonyl (C=O) groups is 3. The molecule has 0 radical (unpaired) electrons. The smallest absolute Gasteiger partial charge is 0.263 e. The molecule has 1 saturated heterocycles. The van der Waals surface area contributed by atoms with Gasteiger partial charge in [-0.25, -0.2) is 0 Å². The van der Waals surface area contributed by atoms with Crippen LogP contribution in [-0.2, 0) is 16.0 Å². The monoisotopic (exact) mass is 385 g/mol. The Morgan fingerprint density at radius 3 is 2.41 bits per heavy atom. The number of nitrogens with one attached hydrogen (secondary N) is 2. The van der Waals surface area contributed by atoms with Crippen molar-refractivity contribution < 1.29 is 14.4 Å². The quantitative estimate of drug-likeness (QED) is 0.830. The second-order valence-electron chi connectivity index (χ2n) is 6.58. The van der Waals surface area contributed by atoms with Gasteiger partial charge in [-0.1, -0.05) is 18.2 Å². The molecule has 7 heteroatoms. The number of likely N-dealkylation sites (N-methyl/N-ethyl adjacent to an activating group) is 1. The molecular formula is C20H23N3O3S. The molecule has 0 spiro atoms. The normalized spacial score (nSPS) is 14.6. The number of rotatable bonds is 5. The largest absolute Gasteiger partial charge is 0.359 e. The third-order valence-electron chi connectivity index (χ3n) is 4.75. The number of anilines is 1. The number of carbonyl (C=O) groups excluding carboxylic acids is 3. The van der Waals surface area contributed by atoms with Crippen molar-refractivity contribution in [3.8, 4) is 0 Å². The first-order valence-electron chi connectivity index (χ1n) is 9.00. The topological polar surface area (TPSA) is 78.5 Å². The average molecular weight is 385 g/mol. The fraction of sp³-hybridized carbons (Fsp3) is 0.350. The number of hydrogen-bond acceptors (Lipinski definition) is 4. The summed E-state index contributed by atoms with van der Waals surface area (Å²) in [5.41, 5.74) is 1.62. The lowest BCUT2D eigenvalue weighted by molar-refractivity contribution is -0.121. The molecule has 0 atom stereocenters. The summed E-state index contributed by atoms with van der Waals surface area (Å²) in [7, 11) is 1.61. The van der Waals surface area contributed by atoms with Gasteiger partial charge in [-0.15, -0.1) is 11.3 Å². The molecule has 142 valence electrons. The van der Waals surface area contributed by atoms with E-state index in [4.69, 9.17) is 0 Å². The summed E-state index contributed by atoms with van der Waals surface area (Å²) in [6.45, 7) is 1.19. The lowest BCUT2D eigenvalue weighted by Gasteiger charge is -2.31. The molecule has 0 unspecified atom stereocenters. The van der Waals surface area contributed by atoms with Gasteiger partial charge in [-0.05, 0) is 42.0 Å². The summed E-state index contributed by atoms with van der Waals surface area (Å²) < 4.78 is 0. The molecule has 0 bridgehead atoms. The molecule has 27 heavy (non-hydrogen) atoms. The zero-order valence-electron chi connectivity index (χ0n) is 15.2. The molecule has 2 heterocycles. The lowest BCUT2D eigenvalue weighted by Crippen LogP contribution is -2.41. The van der Waals surface area contributed by atoms with Crippen LogP contribution in [-0.4, -0.2) is 42.8 Å². The highest BCUT2D eigenvalue weighted by Gasteiger charge is 2.28. The minimum absolute atomic E-state index is 0.0164. The van der Waals surface area contributed by atoms with E-state index in [2.05, 4.69) is 10.6 Å². The third kappa shape index (κ3) is 4.95. The fourth-order valence-electron chi connectivity index (χ4n) is 3.12. The summed E-state index contributed by atoms with van der Waals surface area (Å²) in [5, 5.41) is 7.42. The molecule has 1 aliphatic heterocycles. The van der Waals surface area contributed by atoms with E-state index in [-0.39, 0.29) is 23.6 Å². The highest BCUT2D eigenvalue weighted by molar-refractivity contribution is 7.12. The van der Waals surface area contributed by atoms with E-state index < -0.39 is 0 Å². The summed E-state index contributed by atoms with van der Waals surface area (Å²) in [6, 6.07) is 11.0. The molecule has 3 amide bonds. The Balaban J connectivity index is 1.49. The summed E-state index contributed by atoms with van der Waals surface area (Å²) in [5.74, 6) is -0.105. The van der Waals surface area contributed by atoms with Gasteiger partial charge in [0.2, 0.25) is 11.8 Å². The van der Waals surface area contributed by atoms with E-state index in [1.165, 1.54) is 11.3 Å². The van der Waals surface area contributed by atoms with E-state index in [0.717, 1.165) is 16.1 Å². The predicted molar refractivity (Wildman–Crippen MR) is 106 cm³/mol. The van der Waals surface area contributed by atoms with Crippen molar-refractivity contribution in [1.29, 1.82) is 0 Å². The highest BCUT2D eigenvalue weighted by Crippen LogP contribution is 2.22. The van der Waals surface area contributed by atoms with Crippen molar-refractivity contribution in [3.63, 3.8) is 0 Å². The SMILES string of the molecule is CNC(=O)Cc1ccc(NC(=O)C2CCN(C(=O)c3cccs3)CC2)cc1. The molecule has 0 aliphatic carbocycles. The van der Waals surface area contributed by atoms with Gasteiger partial charge in [0, 0.05) is 31.7 Å². The van der Waals surface area contributed by atoms with Gasteiger partial charge in [-0.3, -0.25) is 14.4 Å². The molecule has 1 aromatic carbocycles. The number of nitrogens with zero attached hydrogens (tertiary/aromatic N) is 1. The summed E-state index contributed by atoms with van der Waals surface area (Å²) in [6.07, 6.45) is 1.65. The van der Waals surface area contributed by atoms with Crippen LogP contribution in [0, 0.1) is 5.92 Å². The van der Waals surface area contributed by atoms with Crippen LogP contribution in [0.4, 0.5) is 5.69 Å². The van der Waals surface area contributed by atoms with Crippen LogP contribution in [0.3, 0.4) is 0 Å². The molecule has 2 aromatic rings. The van der Waals surface area contributed by atoms with Gasteiger partial charge in [0.15, 0.2) is 0 Å². The van der Waals surface area contributed by atoms with Crippen LogP contribution in [0.2, 0.25) is 0 Å². The minimum Gasteiger partial charge on any atom is -0.359 e. The zero-order chi connectivity index (χ0) is 19.2. The molecular weight excluding hydrogens is 362 g/mol. The van der Waals surface area contributed by atoms with E-state index in [1.807, 2.05) is 46.7 Å². The molecule has 0 saturated carbocycles. The Kier molecular flexibility index (Phi) is 6.24. The number of benzene rings is 1. The maximum absolute atomic E-state index is 12.5. The molecule has 1 aromatic heterocycles. The van der Waals surface area contributed by atoms with Crippen LogP contribution in [0.1, 0.15) is 28.1 Å². The number of amides is 3. The molecule has 2 N–H and O–H groups in total. The Morgan fingerprint density at radius 1 is 1.11 bits per heavy atom. The Labute approximate surface area is 162 Å². The average Bonchev–Trinajstić information content (AvgIpc) is 3.23. The lowest BCUT2D eigenvalue weighted by atomic mass is 9.95. The molecule has 6 nitrogen and oxygen atoms in total. The van der Waals surface area contributed by atoms with Gasteiger partial charge in [0.05, 0.1) is 11.3 Å². The van der Waals surface area contributed by atoms with Crippen molar-refractivity contribution in [3.05, 3.63) is 52.2 Å². The minimum atomic E-state index is -0.0945. The molecule has 1 aliphatic rings. The number of hydrogen-bond donors (Lipinski definition) is 2. The first kappa shape index (κ1) is 19.1. The van der Waals surface area contributed by atoms with Crippen molar-refractivity contribution >= 4 is 34.7 Å². The van der Waals surface area contributed by atoms with Gasteiger partial charge in [0.1, 0.15) is 0 Å². The second-order valence-corrected chi connectivity index (χ2v) is 7.53. The van der Waals surface area contributed by atoms with Crippen LogP contribution in [0.25, 0.3) is 0 Å². The van der Waals surface area contributed by atoms with Crippen LogP contribution in [0.15, 0.2) is 41.8 Å². The fourth-order valence-corrected chi connectivity index (χ4v) is 3.82. The van der Waals surface area contributed by atoms with Gasteiger partial charge in [0.25, 0.3) is 5.91 Å². The first-order chi connectivity index (χ1) is 13.1. The van der Waals surface area contributed by atoms with Gasteiger partial charge < -0.3 is 15.5 Å². The highest BCUT2D eigenvalue weighted by atomic mass is 32.1. The predicted octanol–water partition coefficient (Wildman–Crippen LogP) is 2.53. The van der Waals surface area contributed by atoms with Gasteiger partial charge in [-0.2, -0.15) is 0 Å². The summed E-state index contributed by atoms with van der Waals surface area (Å²) in [4.78, 5) is 38.8. The van der Waals surface area contributed by atoms with E-state index in [9.17, 15) is 14.4 Å². The molecule has 3 rings (SSSR count). The van der Waals surface area contributed by atoms with E-state index in [1.54, 1.807) is 7.05 Å². The van der Waals surface area contributed by atoms with Crippen molar-refractivity contribution in [2.75, 3.05) is 25.5 Å². The van der Waals surface area contributed by atoms with Crippen LogP contribution >= 0.6 is 11.3 Å². The number of piperidine rings is 1. The number of thiophene rings is 1.